The molecule has 0 saturated carbocycles. The van der Waals surface area contributed by atoms with E-state index in [2.05, 4.69) is 5.32 Å². The Balaban J connectivity index is 1.48. The molecule has 0 spiro atoms. The highest BCUT2D eigenvalue weighted by Gasteiger charge is 2.15. The predicted octanol–water partition coefficient (Wildman–Crippen LogP) is 2.75. The summed E-state index contributed by atoms with van der Waals surface area (Å²) < 4.78 is 16.7. The number of ketones is 1. The summed E-state index contributed by atoms with van der Waals surface area (Å²) in [6.45, 7) is 5.18. The molecule has 27 heavy (non-hydrogen) atoms. The summed E-state index contributed by atoms with van der Waals surface area (Å²) in [6.07, 6.45) is -0.675. The fourth-order valence-corrected chi connectivity index (χ4v) is 2.82. The molecule has 0 aliphatic carbocycles. The van der Waals surface area contributed by atoms with Crippen LogP contribution in [0.25, 0.3) is 0 Å². The van der Waals surface area contributed by atoms with E-state index in [0.29, 0.717) is 31.1 Å². The quantitative estimate of drug-likeness (QED) is 0.695. The third kappa shape index (κ3) is 5.21. The van der Waals surface area contributed by atoms with E-state index in [9.17, 15) is 9.90 Å². The van der Waals surface area contributed by atoms with Crippen LogP contribution >= 0.6 is 0 Å². The van der Waals surface area contributed by atoms with Gasteiger partial charge in [0.2, 0.25) is 0 Å². The SMILES string of the molecule is CC(=O)c1cccc(OC[C@@H](O)CN[C@@H](C)c2ccc3c(c2)OCCO3)c1. The van der Waals surface area contributed by atoms with E-state index in [-0.39, 0.29) is 18.4 Å². The van der Waals surface area contributed by atoms with Crippen molar-refractivity contribution in [1.29, 1.82) is 0 Å². The lowest BCUT2D eigenvalue weighted by atomic mass is 10.1. The van der Waals surface area contributed by atoms with E-state index in [1.54, 1.807) is 24.3 Å². The number of nitrogens with one attached hydrogen (secondary N) is 1. The minimum absolute atomic E-state index is 0.0177. The van der Waals surface area contributed by atoms with Gasteiger partial charge >= 0.3 is 0 Å². The molecule has 0 radical (unpaired) electrons. The van der Waals surface area contributed by atoms with E-state index in [1.807, 2.05) is 25.1 Å². The summed E-state index contributed by atoms with van der Waals surface area (Å²) in [4.78, 5) is 11.4. The first-order chi connectivity index (χ1) is 13.0. The van der Waals surface area contributed by atoms with Crippen LogP contribution in [0, 0.1) is 0 Å². The number of hydrogen-bond donors (Lipinski definition) is 2. The van der Waals surface area contributed by atoms with Gasteiger partial charge in [0.25, 0.3) is 0 Å². The molecule has 0 fully saturated rings. The van der Waals surface area contributed by atoms with Crippen molar-refractivity contribution in [3.05, 3.63) is 53.6 Å². The number of benzene rings is 2. The number of carbonyl (C=O) groups is 1. The molecule has 0 bridgehead atoms. The lowest BCUT2D eigenvalue weighted by molar-refractivity contribution is 0.101. The third-order valence-electron chi connectivity index (χ3n) is 4.41. The minimum atomic E-state index is -0.675. The molecule has 2 atom stereocenters. The van der Waals surface area contributed by atoms with Crippen molar-refractivity contribution in [3.8, 4) is 17.2 Å². The summed E-state index contributed by atoms with van der Waals surface area (Å²) in [5.41, 5.74) is 1.65. The largest absolute Gasteiger partial charge is 0.491 e. The zero-order valence-electron chi connectivity index (χ0n) is 15.6. The van der Waals surface area contributed by atoms with Crippen LogP contribution in [-0.2, 0) is 0 Å². The van der Waals surface area contributed by atoms with Gasteiger partial charge in [-0.15, -0.1) is 0 Å². The maximum atomic E-state index is 11.4. The Morgan fingerprint density at radius 2 is 1.96 bits per heavy atom. The van der Waals surface area contributed by atoms with Gasteiger partial charge in [0, 0.05) is 18.2 Å². The van der Waals surface area contributed by atoms with Gasteiger partial charge in [0.15, 0.2) is 17.3 Å². The van der Waals surface area contributed by atoms with Crippen LogP contribution in [-0.4, -0.2) is 43.4 Å². The van der Waals surface area contributed by atoms with Gasteiger partial charge in [0.05, 0.1) is 0 Å². The second-order valence-corrected chi connectivity index (χ2v) is 6.58. The Morgan fingerprint density at radius 3 is 2.74 bits per heavy atom. The standard InChI is InChI=1S/C21H25NO5/c1-14(16-6-7-20-21(11-16)26-9-8-25-20)22-12-18(24)13-27-19-5-3-4-17(10-19)15(2)23/h3-7,10-11,14,18,22,24H,8-9,12-13H2,1-2H3/t14-,18-/m0/s1. The smallest absolute Gasteiger partial charge is 0.161 e. The van der Waals surface area contributed by atoms with Crippen molar-refractivity contribution >= 4 is 5.78 Å². The molecule has 0 aromatic heterocycles. The Bertz CT molecular complexity index is 792. The predicted molar refractivity (Wildman–Crippen MR) is 102 cm³/mol. The van der Waals surface area contributed by atoms with Crippen LogP contribution in [0.1, 0.15) is 35.8 Å². The van der Waals surface area contributed by atoms with Crippen molar-refractivity contribution < 1.29 is 24.1 Å². The summed E-state index contributed by atoms with van der Waals surface area (Å²) in [6, 6.07) is 12.8. The topological polar surface area (TPSA) is 77.0 Å². The fraction of sp³-hybridized carbons (Fsp3) is 0.381. The molecular weight excluding hydrogens is 346 g/mol. The first-order valence-electron chi connectivity index (χ1n) is 9.07. The highest BCUT2D eigenvalue weighted by Crippen LogP contribution is 2.32. The summed E-state index contributed by atoms with van der Waals surface area (Å²) in [5.74, 6) is 2.07. The number of ether oxygens (including phenoxy) is 3. The van der Waals surface area contributed by atoms with E-state index >= 15 is 0 Å². The lowest BCUT2D eigenvalue weighted by Gasteiger charge is -2.22. The van der Waals surface area contributed by atoms with E-state index in [4.69, 9.17) is 14.2 Å². The number of aliphatic hydroxyl groups is 1. The normalized spacial score (nSPS) is 15.1. The molecule has 2 N–H and O–H groups in total. The van der Waals surface area contributed by atoms with Crippen LogP contribution in [0.2, 0.25) is 0 Å². The van der Waals surface area contributed by atoms with Gasteiger partial charge in [-0.25, -0.2) is 0 Å². The molecule has 144 valence electrons. The summed E-state index contributed by atoms with van der Waals surface area (Å²) in [5, 5.41) is 13.5. The molecule has 2 aromatic carbocycles. The number of Topliss-reactive ketones (excluding diaryl/α,β-unsaturated/α-hetero) is 1. The molecule has 1 aliphatic heterocycles. The molecule has 2 aromatic rings. The van der Waals surface area contributed by atoms with Gasteiger partial charge in [-0.05, 0) is 43.7 Å². The van der Waals surface area contributed by atoms with Gasteiger partial charge in [-0.1, -0.05) is 18.2 Å². The zero-order chi connectivity index (χ0) is 19.2. The molecule has 0 saturated heterocycles. The molecule has 0 amide bonds. The number of carbonyl (C=O) groups excluding carboxylic acids is 1. The van der Waals surface area contributed by atoms with E-state index in [1.165, 1.54) is 6.92 Å². The second-order valence-electron chi connectivity index (χ2n) is 6.58. The average Bonchev–Trinajstić information content (AvgIpc) is 2.70. The molecular formula is C21H25NO5. The molecule has 6 heteroatoms. The zero-order valence-corrected chi connectivity index (χ0v) is 15.6. The highest BCUT2D eigenvalue weighted by molar-refractivity contribution is 5.94. The lowest BCUT2D eigenvalue weighted by Crippen LogP contribution is -2.33. The van der Waals surface area contributed by atoms with Gasteiger partial charge < -0.3 is 24.6 Å². The van der Waals surface area contributed by atoms with Crippen LogP contribution in [0.4, 0.5) is 0 Å². The van der Waals surface area contributed by atoms with Gasteiger partial charge in [-0.2, -0.15) is 0 Å². The molecule has 6 nitrogen and oxygen atoms in total. The summed E-state index contributed by atoms with van der Waals surface area (Å²) in [7, 11) is 0. The minimum Gasteiger partial charge on any atom is -0.491 e. The van der Waals surface area contributed by atoms with Gasteiger partial charge in [0.1, 0.15) is 31.7 Å². The molecule has 1 heterocycles. The molecule has 1 aliphatic rings. The molecule has 3 rings (SSSR count). The second kappa shape index (κ2) is 8.88. The first kappa shape index (κ1) is 19.2. The van der Waals surface area contributed by atoms with Crippen molar-refractivity contribution in [2.45, 2.75) is 26.0 Å². The van der Waals surface area contributed by atoms with Crippen LogP contribution in [0.5, 0.6) is 17.2 Å². The Kier molecular flexibility index (Phi) is 6.32. The maximum absolute atomic E-state index is 11.4. The van der Waals surface area contributed by atoms with Gasteiger partial charge in [-0.3, -0.25) is 4.79 Å². The first-order valence-corrected chi connectivity index (χ1v) is 9.07. The van der Waals surface area contributed by atoms with Crippen molar-refractivity contribution in [1.82, 2.24) is 5.32 Å². The van der Waals surface area contributed by atoms with Crippen LogP contribution in [0.3, 0.4) is 0 Å². The fourth-order valence-electron chi connectivity index (χ4n) is 2.82. The van der Waals surface area contributed by atoms with Crippen molar-refractivity contribution in [3.63, 3.8) is 0 Å². The number of rotatable bonds is 8. The van der Waals surface area contributed by atoms with Crippen molar-refractivity contribution in [2.24, 2.45) is 0 Å². The number of hydrogen-bond acceptors (Lipinski definition) is 6. The van der Waals surface area contributed by atoms with Crippen LogP contribution in [0.15, 0.2) is 42.5 Å². The van der Waals surface area contributed by atoms with Crippen molar-refractivity contribution in [2.75, 3.05) is 26.4 Å². The third-order valence-corrected chi connectivity index (χ3v) is 4.41. The highest BCUT2D eigenvalue weighted by atomic mass is 16.6. The Labute approximate surface area is 159 Å². The average molecular weight is 371 g/mol. The van der Waals surface area contributed by atoms with E-state index in [0.717, 1.165) is 17.1 Å². The number of aliphatic hydroxyl groups excluding tert-OH is 1. The Morgan fingerprint density at radius 1 is 1.19 bits per heavy atom. The number of fused-ring (bicyclic) bond motifs is 1. The van der Waals surface area contributed by atoms with E-state index < -0.39 is 6.10 Å². The maximum Gasteiger partial charge on any atom is 0.161 e. The van der Waals surface area contributed by atoms with Crippen LogP contribution < -0.4 is 19.5 Å². The Hall–Kier alpha value is -2.57. The summed E-state index contributed by atoms with van der Waals surface area (Å²) >= 11 is 0. The monoisotopic (exact) mass is 371 g/mol. The molecule has 0 unspecified atom stereocenters.